The van der Waals surface area contributed by atoms with Crippen molar-refractivity contribution in [3.8, 4) is 0 Å². The molecule has 2 saturated heterocycles. The van der Waals surface area contributed by atoms with Crippen LogP contribution in [0.15, 0.2) is 0 Å². The van der Waals surface area contributed by atoms with E-state index in [9.17, 15) is 5.11 Å². The molecular formula is C15H30N2O2. The highest BCUT2D eigenvalue weighted by Gasteiger charge is 2.35. The molecule has 0 aliphatic carbocycles. The first-order valence-electron chi connectivity index (χ1n) is 7.93. The molecule has 1 unspecified atom stereocenters. The molecule has 0 spiro atoms. The average molecular weight is 270 g/mol. The minimum absolute atomic E-state index is 0.116. The lowest BCUT2D eigenvalue weighted by Crippen LogP contribution is -2.50. The van der Waals surface area contributed by atoms with Crippen LogP contribution in [0.2, 0.25) is 0 Å². The lowest BCUT2D eigenvalue weighted by atomic mass is 9.79. The Kier molecular flexibility index (Phi) is 6.07. The van der Waals surface area contributed by atoms with Crippen LogP contribution < -0.4 is 5.32 Å². The molecule has 0 saturated carbocycles. The smallest absolute Gasteiger partial charge is 0.0667 e. The van der Waals surface area contributed by atoms with E-state index in [0.717, 1.165) is 71.6 Å². The number of piperidine rings is 1. The Morgan fingerprint density at radius 3 is 2.84 bits per heavy atom. The highest BCUT2D eigenvalue weighted by Crippen LogP contribution is 2.31. The van der Waals surface area contributed by atoms with Crippen molar-refractivity contribution in [2.45, 2.75) is 45.1 Å². The summed E-state index contributed by atoms with van der Waals surface area (Å²) in [6.45, 7) is 9.31. The van der Waals surface area contributed by atoms with Crippen LogP contribution in [-0.2, 0) is 4.74 Å². The number of hydrogen-bond acceptors (Lipinski definition) is 4. The number of aliphatic hydroxyl groups excluding tert-OH is 1. The number of aliphatic hydroxyl groups is 1. The summed E-state index contributed by atoms with van der Waals surface area (Å²) in [7, 11) is 0. The number of β-amino-alcohol motifs (C(OH)–C–C–N with tert-alkyl or cyclic N) is 1. The van der Waals surface area contributed by atoms with Gasteiger partial charge in [0, 0.05) is 32.8 Å². The van der Waals surface area contributed by atoms with E-state index in [-0.39, 0.29) is 6.10 Å². The zero-order chi connectivity index (χ0) is 13.6. The highest BCUT2D eigenvalue weighted by molar-refractivity contribution is 4.88. The molecule has 0 bridgehead atoms. The second-order valence-electron chi connectivity index (χ2n) is 6.32. The summed E-state index contributed by atoms with van der Waals surface area (Å²) in [4.78, 5) is 2.47. The van der Waals surface area contributed by atoms with E-state index >= 15 is 0 Å². The van der Waals surface area contributed by atoms with Gasteiger partial charge in [0.05, 0.1) is 6.10 Å². The van der Waals surface area contributed by atoms with Gasteiger partial charge < -0.3 is 20.1 Å². The Morgan fingerprint density at radius 2 is 2.16 bits per heavy atom. The number of nitrogens with one attached hydrogen (secondary N) is 1. The summed E-state index contributed by atoms with van der Waals surface area (Å²) in [5, 5.41) is 13.4. The van der Waals surface area contributed by atoms with E-state index < -0.39 is 0 Å². The van der Waals surface area contributed by atoms with Crippen LogP contribution >= 0.6 is 0 Å². The second-order valence-corrected chi connectivity index (χ2v) is 6.32. The van der Waals surface area contributed by atoms with Gasteiger partial charge in [0.25, 0.3) is 0 Å². The molecule has 2 rings (SSSR count). The predicted octanol–water partition coefficient (Wildman–Crippen LogP) is 1.24. The molecular weight excluding hydrogens is 240 g/mol. The van der Waals surface area contributed by atoms with Crippen molar-refractivity contribution in [2.24, 2.45) is 5.41 Å². The fourth-order valence-corrected chi connectivity index (χ4v) is 3.37. The molecule has 0 radical (unpaired) electrons. The van der Waals surface area contributed by atoms with Gasteiger partial charge in [-0.3, -0.25) is 0 Å². The monoisotopic (exact) mass is 270 g/mol. The number of nitrogens with zero attached hydrogens (tertiary/aromatic N) is 1. The van der Waals surface area contributed by atoms with E-state index in [1.165, 1.54) is 6.42 Å². The van der Waals surface area contributed by atoms with Crippen molar-refractivity contribution in [3.05, 3.63) is 0 Å². The molecule has 112 valence electrons. The van der Waals surface area contributed by atoms with Crippen LogP contribution in [-0.4, -0.2) is 62.0 Å². The molecule has 4 nitrogen and oxygen atoms in total. The number of ether oxygens (including phenoxy) is 1. The lowest BCUT2D eigenvalue weighted by molar-refractivity contribution is -0.0199. The second kappa shape index (κ2) is 7.58. The minimum atomic E-state index is -0.116. The number of rotatable bonds is 6. The first kappa shape index (κ1) is 15.2. The van der Waals surface area contributed by atoms with Crippen LogP contribution in [0.4, 0.5) is 0 Å². The van der Waals surface area contributed by atoms with Gasteiger partial charge in [-0.05, 0) is 50.6 Å². The van der Waals surface area contributed by atoms with Crippen LogP contribution in [0.5, 0.6) is 0 Å². The molecule has 0 amide bonds. The summed E-state index contributed by atoms with van der Waals surface area (Å²) < 4.78 is 5.55. The molecule has 2 heterocycles. The normalized spacial score (nSPS) is 28.4. The summed E-state index contributed by atoms with van der Waals surface area (Å²) in [6.07, 6.45) is 5.48. The van der Waals surface area contributed by atoms with Crippen LogP contribution in [0, 0.1) is 5.41 Å². The first-order valence-corrected chi connectivity index (χ1v) is 7.93. The van der Waals surface area contributed by atoms with Gasteiger partial charge in [0.2, 0.25) is 0 Å². The van der Waals surface area contributed by atoms with Gasteiger partial charge in [-0.15, -0.1) is 0 Å². The summed E-state index contributed by atoms with van der Waals surface area (Å²) in [5.74, 6) is 0. The lowest BCUT2D eigenvalue weighted by Gasteiger charge is -2.43. The summed E-state index contributed by atoms with van der Waals surface area (Å²) in [6, 6.07) is 0. The molecule has 2 N–H and O–H groups in total. The number of hydrogen-bond donors (Lipinski definition) is 2. The molecule has 0 aromatic carbocycles. The Bertz CT molecular complexity index is 255. The zero-order valence-electron chi connectivity index (χ0n) is 12.4. The Balaban J connectivity index is 1.88. The average Bonchev–Trinajstić information content (AvgIpc) is 2.40. The zero-order valence-corrected chi connectivity index (χ0v) is 12.4. The largest absolute Gasteiger partial charge is 0.392 e. The Labute approximate surface area is 117 Å². The van der Waals surface area contributed by atoms with Crippen LogP contribution in [0.25, 0.3) is 0 Å². The third-order valence-electron chi connectivity index (χ3n) is 4.52. The van der Waals surface area contributed by atoms with E-state index in [2.05, 4.69) is 17.1 Å². The van der Waals surface area contributed by atoms with Gasteiger partial charge in [-0.1, -0.05) is 6.92 Å². The maximum atomic E-state index is 9.83. The fourth-order valence-electron chi connectivity index (χ4n) is 3.37. The molecule has 2 aliphatic rings. The topological polar surface area (TPSA) is 44.7 Å². The summed E-state index contributed by atoms with van der Waals surface area (Å²) >= 11 is 0. The van der Waals surface area contributed by atoms with Crippen molar-refractivity contribution in [2.75, 3.05) is 45.9 Å². The van der Waals surface area contributed by atoms with Gasteiger partial charge in [0.15, 0.2) is 0 Å². The van der Waals surface area contributed by atoms with Crippen molar-refractivity contribution >= 4 is 0 Å². The van der Waals surface area contributed by atoms with Crippen molar-refractivity contribution in [3.63, 3.8) is 0 Å². The molecule has 4 heteroatoms. The van der Waals surface area contributed by atoms with Gasteiger partial charge in [0.1, 0.15) is 0 Å². The molecule has 0 aromatic rings. The highest BCUT2D eigenvalue weighted by atomic mass is 16.5. The summed E-state index contributed by atoms with van der Waals surface area (Å²) in [5.41, 5.74) is 0.352. The Hall–Kier alpha value is -0.160. The van der Waals surface area contributed by atoms with Crippen LogP contribution in [0.1, 0.15) is 39.0 Å². The van der Waals surface area contributed by atoms with E-state index in [4.69, 9.17) is 4.74 Å². The quantitative estimate of drug-likeness (QED) is 0.713. The van der Waals surface area contributed by atoms with Gasteiger partial charge >= 0.3 is 0 Å². The van der Waals surface area contributed by atoms with Crippen LogP contribution in [0.3, 0.4) is 0 Å². The molecule has 1 atom stereocenters. The minimum Gasteiger partial charge on any atom is -0.392 e. The maximum absolute atomic E-state index is 9.83. The number of likely N-dealkylation sites (tertiary alicyclic amines) is 1. The molecule has 2 aliphatic heterocycles. The SMILES string of the molecule is CCCNCC1(CN2CCCC(O)C2)CCOCC1. The third kappa shape index (κ3) is 4.71. The molecule has 0 aromatic heterocycles. The predicted molar refractivity (Wildman–Crippen MR) is 77.3 cm³/mol. The van der Waals surface area contributed by atoms with Gasteiger partial charge in [-0.25, -0.2) is 0 Å². The van der Waals surface area contributed by atoms with Gasteiger partial charge in [-0.2, -0.15) is 0 Å². The van der Waals surface area contributed by atoms with E-state index in [1.54, 1.807) is 0 Å². The van der Waals surface area contributed by atoms with Crippen molar-refractivity contribution < 1.29 is 9.84 Å². The van der Waals surface area contributed by atoms with Crippen molar-refractivity contribution in [1.29, 1.82) is 0 Å². The maximum Gasteiger partial charge on any atom is 0.0667 e. The standard InChI is InChI=1S/C15H30N2O2/c1-2-7-16-12-15(5-9-19-10-6-15)13-17-8-3-4-14(18)11-17/h14,16,18H,2-13H2,1H3. The first-order chi connectivity index (χ1) is 9.24. The van der Waals surface area contributed by atoms with E-state index in [0.29, 0.717) is 5.41 Å². The molecule has 2 fully saturated rings. The Morgan fingerprint density at radius 1 is 1.37 bits per heavy atom. The molecule has 19 heavy (non-hydrogen) atoms. The fraction of sp³-hybridized carbons (Fsp3) is 1.00. The third-order valence-corrected chi connectivity index (χ3v) is 4.52. The van der Waals surface area contributed by atoms with E-state index in [1.807, 2.05) is 0 Å². The van der Waals surface area contributed by atoms with Crippen molar-refractivity contribution in [1.82, 2.24) is 10.2 Å².